The molecule has 3 nitrogen and oxygen atoms in total. The van der Waals surface area contributed by atoms with Crippen LogP contribution in [0.4, 0.5) is 0 Å². The zero-order chi connectivity index (χ0) is 12.1. The normalized spacial score (nSPS) is 11.2. The van der Waals surface area contributed by atoms with Crippen molar-refractivity contribution >= 4 is 11.1 Å². The van der Waals surface area contributed by atoms with Crippen LogP contribution in [0.1, 0.15) is 31.2 Å². The molecule has 0 saturated heterocycles. The first-order chi connectivity index (χ1) is 8.33. The lowest BCUT2D eigenvalue weighted by atomic mass is 10.1. The van der Waals surface area contributed by atoms with E-state index in [2.05, 4.69) is 24.0 Å². The van der Waals surface area contributed by atoms with Crippen LogP contribution in [-0.2, 0) is 17.6 Å². The van der Waals surface area contributed by atoms with Crippen molar-refractivity contribution in [3.05, 3.63) is 29.7 Å². The molecule has 0 saturated carbocycles. The van der Waals surface area contributed by atoms with Crippen LogP contribution in [0.3, 0.4) is 0 Å². The van der Waals surface area contributed by atoms with Gasteiger partial charge in [0.25, 0.3) is 0 Å². The van der Waals surface area contributed by atoms with Crippen molar-refractivity contribution in [2.45, 2.75) is 32.6 Å². The lowest BCUT2D eigenvalue weighted by Gasteiger charge is -1.97. The number of aromatic nitrogens is 1. The first-order valence-electron chi connectivity index (χ1n) is 6.20. The van der Waals surface area contributed by atoms with Gasteiger partial charge in [0.05, 0.1) is 6.61 Å². The lowest BCUT2D eigenvalue weighted by Crippen LogP contribution is -1.93. The Hall–Kier alpha value is -1.35. The molecule has 92 valence electrons. The summed E-state index contributed by atoms with van der Waals surface area (Å²) in [5.74, 6) is 0.759. The first kappa shape index (κ1) is 12.1. The van der Waals surface area contributed by atoms with E-state index in [4.69, 9.17) is 9.15 Å². The van der Waals surface area contributed by atoms with E-state index in [1.165, 1.54) is 18.4 Å². The van der Waals surface area contributed by atoms with Gasteiger partial charge in [-0.2, -0.15) is 0 Å². The van der Waals surface area contributed by atoms with Gasteiger partial charge in [-0.25, -0.2) is 4.98 Å². The van der Waals surface area contributed by atoms with Gasteiger partial charge in [0, 0.05) is 13.5 Å². The molecule has 3 heteroatoms. The molecule has 0 aliphatic heterocycles. The topological polar surface area (TPSA) is 35.3 Å². The van der Waals surface area contributed by atoms with Gasteiger partial charge in [0.1, 0.15) is 5.52 Å². The van der Waals surface area contributed by atoms with Crippen molar-refractivity contribution in [2.24, 2.45) is 0 Å². The number of ether oxygens (including phenoxy) is 1. The molecule has 1 aromatic carbocycles. The van der Waals surface area contributed by atoms with Crippen LogP contribution in [0.5, 0.6) is 0 Å². The minimum absolute atomic E-state index is 0.648. The Morgan fingerprint density at radius 1 is 1.29 bits per heavy atom. The van der Waals surface area contributed by atoms with E-state index in [9.17, 15) is 0 Å². The largest absolute Gasteiger partial charge is 0.441 e. The third-order valence-electron chi connectivity index (χ3n) is 2.84. The number of methoxy groups -OCH3 is 1. The van der Waals surface area contributed by atoms with Crippen molar-refractivity contribution in [2.75, 3.05) is 13.7 Å². The molecule has 2 aromatic rings. The summed E-state index contributed by atoms with van der Waals surface area (Å²) in [7, 11) is 1.69. The molecule has 0 N–H and O–H groups in total. The molecule has 2 rings (SSSR count). The van der Waals surface area contributed by atoms with Crippen LogP contribution < -0.4 is 0 Å². The quantitative estimate of drug-likeness (QED) is 0.767. The molecule has 0 bridgehead atoms. The number of rotatable bonds is 6. The van der Waals surface area contributed by atoms with Crippen molar-refractivity contribution in [3.8, 4) is 0 Å². The Balaban J connectivity index is 2.15. The third kappa shape index (κ3) is 3.07. The SMILES string of the molecule is CCCCc1ccc2oc(CCOC)nc2c1. The van der Waals surface area contributed by atoms with E-state index in [-0.39, 0.29) is 0 Å². The van der Waals surface area contributed by atoms with Gasteiger partial charge in [-0.05, 0) is 30.5 Å². The van der Waals surface area contributed by atoms with Gasteiger partial charge in [-0.1, -0.05) is 19.4 Å². The minimum atomic E-state index is 0.648. The summed E-state index contributed by atoms with van der Waals surface area (Å²) in [5, 5.41) is 0. The Kier molecular flexibility index (Phi) is 4.15. The average molecular weight is 233 g/mol. The predicted molar refractivity (Wildman–Crippen MR) is 68.2 cm³/mol. The zero-order valence-electron chi connectivity index (χ0n) is 10.5. The van der Waals surface area contributed by atoms with Gasteiger partial charge in [-0.15, -0.1) is 0 Å². The molecule has 0 atom stereocenters. The van der Waals surface area contributed by atoms with E-state index in [0.717, 1.165) is 29.8 Å². The Labute approximate surface area is 102 Å². The van der Waals surface area contributed by atoms with Crippen LogP contribution in [0.15, 0.2) is 22.6 Å². The fraction of sp³-hybridized carbons (Fsp3) is 0.500. The molecular weight excluding hydrogens is 214 g/mol. The molecule has 0 spiro atoms. The van der Waals surface area contributed by atoms with Gasteiger partial charge in [0.2, 0.25) is 0 Å². The summed E-state index contributed by atoms with van der Waals surface area (Å²) < 4.78 is 10.7. The zero-order valence-corrected chi connectivity index (χ0v) is 10.5. The van der Waals surface area contributed by atoms with E-state index in [0.29, 0.717) is 6.61 Å². The monoisotopic (exact) mass is 233 g/mol. The number of hydrogen-bond acceptors (Lipinski definition) is 3. The molecule has 0 aliphatic carbocycles. The molecule has 0 aliphatic rings. The number of hydrogen-bond donors (Lipinski definition) is 0. The minimum Gasteiger partial charge on any atom is -0.441 e. The second-order valence-electron chi connectivity index (χ2n) is 4.26. The number of benzene rings is 1. The van der Waals surface area contributed by atoms with Gasteiger partial charge in [-0.3, -0.25) is 0 Å². The number of fused-ring (bicyclic) bond motifs is 1. The maximum absolute atomic E-state index is 5.64. The highest BCUT2D eigenvalue weighted by molar-refractivity contribution is 5.73. The van der Waals surface area contributed by atoms with Crippen LogP contribution in [0, 0.1) is 0 Å². The van der Waals surface area contributed by atoms with Crippen molar-refractivity contribution in [1.82, 2.24) is 4.98 Å². The summed E-state index contributed by atoms with van der Waals surface area (Å²) >= 11 is 0. The van der Waals surface area contributed by atoms with Crippen LogP contribution >= 0.6 is 0 Å². The van der Waals surface area contributed by atoms with Crippen molar-refractivity contribution in [3.63, 3.8) is 0 Å². The summed E-state index contributed by atoms with van der Waals surface area (Å²) in [6.45, 7) is 2.85. The van der Waals surface area contributed by atoms with Crippen molar-refractivity contribution in [1.29, 1.82) is 0 Å². The standard InChI is InChI=1S/C14H19NO2/c1-3-4-5-11-6-7-13-12(10-11)15-14(17-13)8-9-16-2/h6-7,10H,3-5,8-9H2,1-2H3. The summed E-state index contributed by atoms with van der Waals surface area (Å²) in [5.41, 5.74) is 3.17. The van der Waals surface area contributed by atoms with E-state index in [1.54, 1.807) is 7.11 Å². The fourth-order valence-corrected chi connectivity index (χ4v) is 1.85. The van der Waals surface area contributed by atoms with E-state index >= 15 is 0 Å². The molecule has 17 heavy (non-hydrogen) atoms. The summed E-state index contributed by atoms with van der Waals surface area (Å²) in [6, 6.07) is 6.28. The van der Waals surface area contributed by atoms with Crippen LogP contribution in [0.25, 0.3) is 11.1 Å². The Morgan fingerprint density at radius 2 is 2.18 bits per heavy atom. The fourth-order valence-electron chi connectivity index (χ4n) is 1.85. The van der Waals surface area contributed by atoms with Crippen LogP contribution in [0.2, 0.25) is 0 Å². The summed E-state index contributed by atoms with van der Waals surface area (Å²) in [4.78, 5) is 4.47. The molecule has 0 radical (unpaired) electrons. The second-order valence-corrected chi connectivity index (χ2v) is 4.26. The molecule has 0 amide bonds. The molecule has 1 heterocycles. The second kappa shape index (κ2) is 5.82. The van der Waals surface area contributed by atoms with Crippen molar-refractivity contribution < 1.29 is 9.15 Å². The average Bonchev–Trinajstić information content (AvgIpc) is 2.75. The molecular formula is C14H19NO2. The Morgan fingerprint density at radius 3 is 2.94 bits per heavy atom. The summed E-state index contributed by atoms with van der Waals surface area (Å²) in [6.07, 6.45) is 4.29. The lowest BCUT2D eigenvalue weighted by molar-refractivity contribution is 0.196. The smallest absolute Gasteiger partial charge is 0.197 e. The number of oxazole rings is 1. The molecule has 1 aromatic heterocycles. The highest BCUT2D eigenvalue weighted by Gasteiger charge is 2.06. The van der Waals surface area contributed by atoms with Gasteiger partial charge < -0.3 is 9.15 Å². The number of nitrogens with zero attached hydrogens (tertiary/aromatic N) is 1. The maximum atomic E-state index is 5.64. The van der Waals surface area contributed by atoms with Gasteiger partial charge in [0.15, 0.2) is 11.5 Å². The predicted octanol–water partition coefficient (Wildman–Crippen LogP) is 3.36. The highest BCUT2D eigenvalue weighted by Crippen LogP contribution is 2.18. The van der Waals surface area contributed by atoms with Gasteiger partial charge >= 0.3 is 0 Å². The molecule has 0 unspecified atom stereocenters. The van der Waals surface area contributed by atoms with Crippen LogP contribution in [-0.4, -0.2) is 18.7 Å². The Bertz CT molecular complexity index is 470. The highest BCUT2D eigenvalue weighted by atomic mass is 16.5. The molecule has 0 fully saturated rings. The van der Waals surface area contributed by atoms with E-state index in [1.807, 2.05) is 6.07 Å². The van der Waals surface area contributed by atoms with E-state index < -0.39 is 0 Å². The maximum Gasteiger partial charge on any atom is 0.197 e. The number of aryl methyl sites for hydroxylation is 1. The third-order valence-corrected chi connectivity index (χ3v) is 2.84. The number of unbranched alkanes of at least 4 members (excludes halogenated alkanes) is 1. The first-order valence-corrected chi connectivity index (χ1v) is 6.20.